The molecule has 0 atom stereocenters. The number of carbonyl (C=O) groups is 3. The Morgan fingerprint density at radius 1 is 1.20 bits per heavy atom. The van der Waals surface area contributed by atoms with Crippen LogP contribution in [0.2, 0.25) is 5.02 Å². The van der Waals surface area contributed by atoms with E-state index in [-0.39, 0.29) is 0 Å². The number of benzene rings is 1. The molecule has 0 spiro atoms. The number of carbonyl (C=O) groups excluding carboxylic acids is 3. The lowest BCUT2D eigenvalue weighted by molar-refractivity contribution is -0.138. The molecule has 1 saturated heterocycles. The Morgan fingerprint density at radius 3 is 2.20 bits per heavy atom. The highest BCUT2D eigenvalue weighted by atomic mass is 35.5. The Kier molecular flexibility index (Phi) is 3.81. The third-order valence-electron chi connectivity index (χ3n) is 3.76. The van der Waals surface area contributed by atoms with Crippen molar-refractivity contribution >= 4 is 29.3 Å². The summed E-state index contributed by atoms with van der Waals surface area (Å²) in [4.78, 5) is 36.7. The van der Waals surface area contributed by atoms with Crippen molar-refractivity contribution in [3.63, 3.8) is 0 Å². The minimum atomic E-state index is -1.14. The van der Waals surface area contributed by atoms with Crippen molar-refractivity contribution in [2.45, 2.75) is 26.7 Å². The molecule has 1 heterocycles. The van der Waals surface area contributed by atoms with E-state index >= 15 is 0 Å². The lowest BCUT2D eigenvalue weighted by Gasteiger charge is -2.19. The molecule has 1 aromatic carbocycles. The average Bonchev–Trinajstić information content (AvgIpc) is 2.71. The molecule has 1 aliphatic heterocycles. The van der Waals surface area contributed by atoms with Crippen LogP contribution in [0.1, 0.15) is 37.0 Å². The fraction of sp³-hybridized carbons (Fsp3) is 0.357. The molecule has 0 aliphatic carbocycles. The second-order valence-corrected chi connectivity index (χ2v) is 5.12. The van der Waals surface area contributed by atoms with Gasteiger partial charge in [-0.15, -0.1) is 0 Å². The molecular formula is C14H15ClN2O3. The number of hydrogen-bond acceptors (Lipinski definition) is 3. The molecule has 0 radical (unpaired) electrons. The molecule has 3 amide bonds. The lowest BCUT2D eigenvalue weighted by Crippen LogP contribution is -2.41. The highest BCUT2D eigenvalue weighted by Crippen LogP contribution is 2.33. The molecule has 2 rings (SSSR count). The van der Waals surface area contributed by atoms with Crippen LogP contribution in [-0.4, -0.2) is 22.7 Å². The summed E-state index contributed by atoms with van der Waals surface area (Å²) in [5.41, 5.74) is 1.53. The second-order valence-electron chi connectivity index (χ2n) is 4.68. The number of rotatable bonds is 3. The van der Waals surface area contributed by atoms with E-state index in [2.05, 4.69) is 5.43 Å². The maximum Gasteiger partial charge on any atom is 0.279 e. The van der Waals surface area contributed by atoms with Gasteiger partial charge in [0.1, 0.15) is 5.41 Å². The smallest absolute Gasteiger partial charge is 0.272 e. The molecule has 0 unspecified atom stereocenters. The molecule has 1 fully saturated rings. The van der Waals surface area contributed by atoms with Gasteiger partial charge in [0.25, 0.3) is 17.7 Å². The number of imide groups is 1. The Morgan fingerprint density at radius 2 is 1.75 bits per heavy atom. The maximum absolute atomic E-state index is 12.4. The van der Waals surface area contributed by atoms with E-state index in [1.165, 1.54) is 12.1 Å². The summed E-state index contributed by atoms with van der Waals surface area (Å²) in [5.74, 6) is -1.47. The van der Waals surface area contributed by atoms with Gasteiger partial charge in [-0.25, -0.2) is 0 Å². The highest BCUT2D eigenvalue weighted by molar-refractivity contribution is 6.30. The van der Waals surface area contributed by atoms with Crippen LogP contribution in [0.4, 0.5) is 0 Å². The zero-order chi connectivity index (χ0) is 14.9. The van der Waals surface area contributed by atoms with Crippen LogP contribution in [0, 0.1) is 5.41 Å². The van der Waals surface area contributed by atoms with Crippen LogP contribution in [0.5, 0.6) is 0 Å². The van der Waals surface area contributed by atoms with Gasteiger partial charge in [-0.1, -0.05) is 25.4 Å². The molecule has 1 aliphatic rings. The molecule has 5 nitrogen and oxygen atoms in total. The highest BCUT2D eigenvalue weighted by Gasteiger charge is 2.53. The van der Waals surface area contributed by atoms with E-state index in [9.17, 15) is 14.4 Å². The fourth-order valence-electron chi connectivity index (χ4n) is 2.31. The fourth-order valence-corrected chi connectivity index (χ4v) is 2.43. The van der Waals surface area contributed by atoms with Gasteiger partial charge >= 0.3 is 0 Å². The SMILES string of the molecule is CCC1(CC)C(=O)NN(C(=O)c2ccc(Cl)cc2)C1=O. The summed E-state index contributed by atoms with van der Waals surface area (Å²) in [6.45, 7) is 3.52. The third-order valence-corrected chi connectivity index (χ3v) is 4.01. The van der Waals surface area contributed by atoms with Crippen LogP contribution >= 0.6 is 11.6 Å². The molecule has 6 heteroatoms. The van der Waals surface area contributed by atoms with E-state index in [0.717, 1.165) is 5.01 Å². The number of hydrogen-bond donors (Lipinski definition) is 1. The Labute approximate surface area is 121 Å². The minimum Gasteiger partial charge on any atom is -0.272 e. The van der Waals surface area contributed by atoms with Crippen molar-refractivity contribution in [1.82, 2.24) is 10.4 Å². The number of hydrazine groups is 1. The van der Waals surface area contributed by atoms with Crippen molar-refractivity contribution in [2.24, 2.45) is 5.41 Å². The number of halogens is 1. The van der Waals surface area contributed by atoms with Crippen LogP contribution in [0.15, 0.2) is 24.3 Å². The monoisotopic (exact) mass is 294 g/mol. The topological polar surface area (TPSA) is 66.5 Å². The molecule has 0 bridgehead atoms. The summed E-state index contributed by atoms with van der Waals surface area (Å²) >= 11 is 5.76. The van der Waals surface area contributed by atoms with Gasteiger partial charge in [0, 0.05) is 10.6 Å². The average molecular weight is 295 g/mol. The van der Waals surface area contributed by atoms with Crippen LogP contribution in [0.3, 0.4) is 0 Å². The maximum atomic E-state index is 12.4. The third kappa shape index (κ3) is 2.08. The summed E-state index contributed by atoms with van der Waals surface area (Å²) in [7, 11) is 0. The van der Waals surface area contributed by atoms with Crippen molar-refractivity contribution in [2.75, 3.05) is 0 Å². The van der Waals surface area contributed by atoms with Crippen LogP contribution in [-0.2, 0) is 9.59 Å². The minimum absolute atomic E-state index is 0.297. The Hall–Kier alpha value is -1.88. The molecule has 20 heavy (non-hydrogen) atoms. The van der Waals surface area contributed by atoms with Crippen LogP contribution in [0.25, 0.3) is 0 Å². The van der Waals surface area contributed by atoms with E-state index in [4.69, 9.17) is 11.6 Å². The quantitative estimate of drug-likeness (QED) is 0.686. The Bertz CT molecular complexity index is 564. The van der Waals surface area contributed by atoms with E-state index in [0.29, 0.717) is 23.4 Å². The van der Waals surface area contributed by atoms with E-state index < -0.39 is 23.1 Å². The first kappa shape index (κ1) is 14.5. The van der Waals surface area contributed by atoms with Gasteiger partial charge in [-0.3, -0.25) is 19.8 Å². The van der Waals surface area contributed by atoms with Gasteiger partial charge in [-0.2, -0.15) is 5.01 Å². The van der Waals surface area contributed by atoms with Crippen molar-refractivity contribution in [1.29, 1.82) is 0 Å². The van der Waals surface area contributed by atoms with Gasteiger partial charge < -0.3 is 0 Å². The molecule has 0 saturated carbocycles. The standard InChI is InChI=1S/C14H15ClN2O3/c1-3-14(4-2)12(19)16-17(13(14)20)11(18)9-5-7-10(15)8-6-9/h5-8H,3-4H2,1-2H3,(H,16,19). The number of amides is 3. The van der Waals surface area contributed by atoms with Crippen LogP contribution < -0.4 is 5.43 Å². The first-order chi connectivity index (χ1) is 9.46. The second kappa shape index (κ2) is 5.25. The predicted molar refractivity (Wildman–Crippen MR) is 73.8 cm³/mol. The first-order valence-electron chi connectivity index (χ1n) is 6.41. The predicted octanol–water partition coefficient (Wildman–Crippen LogP) is 2.16. The summed E-state index contributed by atoms with van der Waals surface area (Å²) in [5, 5.41) is 1.30. The van der Waals surface area contributed by atoms with Gasteiger partial charge in [0.2, 0.25) is 0 Å². The van der Waals surface area contributed by atoms with Crippen molar-refractivity contribution in [3.05, 3.63) is 34.9 Å². The molecular weight excluding hydrogens is 280 g/mol. The first-order valence-corrected chi connectivity index (χ1v) is 6.79. The van der Waals surface area contributed by atoms with Gasteiger partial charge in [0.15, 0.2) is 0 Å². The zero-order valence-corrected chi connectivity index (χ0v) is 12.0. The summed E-state index contributed by atoms with van der Waals surface area (Å²) < 4.78 is 0. The van der Waals surface area contributed by atoms with Crippen molar-refractivity contribution in [3.8, 4) is 0 Å². The van der Waals surface area contributed by atoms with Crippen molar-refractivity contribution < 1.29 is 14.4 Å². The zero-order valence-electron chi connectivity index (χ0n) is 11.3. The van der Waals surface area contributed by atoms with Gasteiger partial charge in [0.05, 0.1) is 0 Å². The molecule has 1 N–H and O–H groups in total. The lowest BCUT2D eigenvalue weighted by atomic mass is 9.82. The van der Waals surface area contributed by atoms with Gasteiger partial charge in [-0.05, 0) is 37.1 Å². The summed E-state index contributed by atoms with van der Waals surface area (Å²) in [6, 6.07) is 6.15. The van der Waals surface area contributed by atoms with E-state index in [1.807, 2.05) is 0 Å². The normalized spacial score (nSPS) is 17.2. The molecule has 0 aromatic heterocycles. The molecule has 1 aromatic rings. The number of nitrogens with zero attached hydrogens (tertiary/aromatic N) is 1. The Balaban J connectivity index is 2.31. The van der Waals surface area contributed by atoms with E-state index in [1.54, 1.807) is 26.0 Å². The molecule has 106 valence electrons. The summed E-state index contributed by atoms with van der Waals surface area (Å²) in [6.07, 6.45) is 0.719. The number of nitrogens with one attached hydrogen (secondary N) is 1. The largest absolute Gasteiger partial charge is 0.279 e.